The minimum Gasteiger partial charge on any atom is -0.507 e. The number of hydrogen-bond donors (Lipinski definition) is 1. The van der Waals surface area contributed by atoms with Crippen LogP contribution < -0.4 is 4.74 Å². The fourth-order valence-electron chi connectivity index (χ4n) is 1.67. The summed E-state index contributed by atoms with van der Waals surface area (Å²) in [7, 11) is 1.51. The van der Waals surface area contributed by atoms with Crippen LogP contribution in [0.4, 0.5) is 0 Å². The van der Waals surface area contributed by atoms with Crippen LogP contribution in [0.15, 0.2) is 54.6 Å². The Morgan fingerprint density at radius 3 is 2.53 bits per heavy atom. The van der Waals surface area contributed by atoms with E-state index in [0.717, 1.165) is 5.56 Å². The summed E-state index contributed by atoms with van der Waals surface area (Å²) < 4.78 is 4.97. The number of allylic oxidation sites excluding steroid dienone is 1. The van der Waals surface area contributed by atoms with Gasteiger partial charge in [0, 0.05) is 6.07 Å². The summed E-state index contributed by atoms with van der Waals surface area (Å²) in [5.74, 6) is 0.187. The van der Waals surface area contributed by atoms with Gasteiger partial charge in [-0.1, -0.05) is 36.4 Å². The number of carbonyl (C=O) groups excluding carboxylic acids is 1. The number of hydrogen-bond acceptors (Lipinski definition) is 3. The maximum Gasteiger partial charge on any atom is 0.189 e. The number of phenols is 1. The topological polar surface area (TPSA) is 46.5 Å². The first kappa shape index (κ1) is 12.9. The summed E-state index contributed by atoms with van der Waals surface area (Å²) in [4.78, 5) is 12.0. The number of rotatable bonds is 4. The van der Waals surface area contributed by atoms with Gasteiger partial charge < -0.3 is 9.84 Å². The van der Waals surface area contributed by atoms with Crippen LogP contribution in [0.2, 0.25) is 0 Å². The fourth-order valence-corrected chi connectivity index (χ4v) is 1.67. The molecule has 0 radical (unpaired) electrons. The molecule has 0 saturated heterocycles. The van der Waals surface area contributed by atoms with E-state index in [-0.39, 0.29) is 17.1 Å². The van der Waals surface area contributed by atoms with Gasteiger partial charge in [-0.2, -0.15) is 0 Å². The van der Waals surface area contributed by atoms with Gasteiger partial charge in [0.2, 0.25) is 0 Å². The number of benzene rings is 2. The van der Waals surface area contributed by atoms with Crippen molar-refractivity contribution >= 4 is 11.9 Å². The Morgan fingerprint density at radius 1 is 1.16 bits per heavy atom. The van der Waals surface area contributed by atoms with Crippen molar-refractivity contribution in [3.05, 3.63) is 65.7 Å². The lowest BCUT2D eigenvalue weighted by atomic mass is 10.1. The molecule has 2 aromatic rings. The highest BCUT2D eigenvalue weighted by molar-refractivity contribution is 6.08. The molecule has 0 aliphatic rings. The summed E-state index contributed by atoms with van der Waals surface area (Å²) >= 11 is 0. The van der Waals surface area contributed by atoms with Crippen molar-refractivity contribution in [3.8, 4) is 11.5 Å². The van der Waals surface area contributed by atoms with Crippen LogP contribution in [0.3, 0.4) is 0 Å². The number of ketones is 1. The Kier molecular flexibility index (Phi) is 3.98. The van der Waals surface area contributed by atoms with E-state index in [9.17, 15) is 9.90 Å². The predicted octanol–water partition coefficient (Wildman–Crippen LogP) is 3.30. The van der Waals surface area contributed by atoms with Crippen LogP contribution in [-0.4, -0.2) is 18.0 Å². The van der Waals surface area contributed by atoms with E-state index in [0.29, 0.717) is 5.75 Å². The largest absolute Gasteiger partial charge is 0.507 e. The molecule has 19 heavy (non-hydrogen) atoms. The van der Waals surface area contributed by atoms with Crippen LogP contribution in [0.1, 0.15) is 15.9 Å². The molecule has 96 valence electrons. The lowest BCUT2D eigenvalue weighted by Crippen LogP contribution is -1.95. The third-order valence-electron chi connectivity index (χ3n) is 2.70. The molecule has 3 nitrogen and oxygen atoms in total. The Morgan fingerprint density at radius 2 is 1.89 bits per heavy atom. The van der Waals surface area contributed by atoms with Crippen molar-refractivity contribution in [2.24, 2.45) is 0 Å². The van der Waals surface area contributed by atoms with Crippen LogP contribution in [0.25, 0.3) is 6.08 Å². The second kappa shape index (κ2) is 5.87. The van der Waals surface area contributed by atoms with Crippen LogP contribution in [-0.2, 0) is 0 Å². The Balaban J connectivity index is 2.19. The molecule has 2 rings (SSSR count). The van der Waals surface area contributed by atoms with E-state index < -0.39 is 0 Å². The number of phenolic OH excluding ortho intramolecular Hbond substituents is 1. The van der Waals surface area contributed by atoms with E-state index in [1.807, 2.05) is 30.3 Å². The van der Waals surface area contributed by atoms with Crippen LogP contribution in [0.5, 0.6) is 11.5 Å². The molecule has 0 spiro atoms. The van der Waals surface area contributed by atoms with Gasteiger partial charge in [0.15, 0.2) is 5.78 Å². The predicted molar refractivity (Wildman–Crippen MR) is 74.5 cm³/mol. The molecule has 0 bridgehead atoms. The molecule has 0 heterocycles. The number of aromatic hydroxyl groups is 1. The molecular weight excluding hydrogens is 240 g/mol. The van der Waals surface area contributed by atoms with Gasteiger partial charge in [-0.15, -0.1) is 0 Å². The van der Waals surface area contributed by atoms with Crippen LogP contribution >= 0.6 is 0 Å². The monoisotopic (exact) mass is 254 g/mol. The summed E-state index contributed by atoms with van der Waals surface area (Å²) in [5.41, 5.74) is 1.19. The smallest absolute Gasteiger partial charge is 0.189 e. The Bertz CT molecular complexity index is 601. The molecule has 1 N–H and O–H groups in total. The minimum absolute atomic E-state index is 0.0814. The van der Waals surface area contributed by atoms with Gasteiger partial charge in [-0.3, -0.25) is 4.79 Å². The summed E-state index contributed by atoms with van der Waals surface area (Å²) in [6, 6.07) is 14.1. The zero-order valence-electron chi connectivity index (χ0n) is 10.5. The molecule has 0 aliphatic heterocycles. The molecule has 0 aliphatic carbocycles. The molecule has 0 unspecified atom stereocenters. The van der Waals surface area contributed by atoms with E-state index in [1.165, 1.54) is 19.3 Å². The minimum atomic E-state index is -0.246. The highest BCUT2D eigenvalue weighted by Gasteiger charge is 2.08. The third-order valence-corrected chi connectivity index (χ3v) is 2.70. The Hall–Kier alpha value is -2.55. The third kappa shape index (κ3) is 3.22. The first-order valence-corrected chi connectivity index (χ1v) is 5.85. The van der Waals surface area contributed by atoms with E-state index >= 15 is 0 Å². The summed E-state index contributed by atoms with van der Waals surface area (Å²) in [6.07, 6.45) is 3.16. The van der Waals surface area contributed by atoms with Crippen LogP contribution in [0, 0.1) is 0 Å². The second-order valence-corrected chi connectivity index (χ2v) is 3.99. The van der Waals surface area contributed by atoms with Crippen molar-refractivity contribution in [1.82, 2.24) is 0 Å². The fraction of sp³-hybridized carbons (Fsp3) is 0.0625. The number of carbonyl (C=O) groups is 1. The van der Waals surface area contributed by atoms with Gasteiger partial charge in [-0.25, -0.2) is 0 Å². The van der Waals surface area contributed by atoms with Crippen molar-refractivity contribution in [2.45, 2.75) is 0 Å². The van der Waals surface area contributed by atoms with Gasteiger partial charge in [0.05, 0.1) is 12.7 Å². The van der Waals surface area contributed by atoms with E-state index in [4.69, 9.17) is 4.74 Å². The van der Waals surface area contributed by atoms with Gasteiger partial charge in [0.25, 0.3) is 0 Å². The average molecular weight is 254 g/mol. The zero-order valence-corrected chi connectivity index (χ0v) is 10.5. The number of ether oxygens (including phenoxy) is 1. The van der Waals surface area contributed by atoms with E-state index in [2.05, 4.69) is 0 Å². The molecular formula is C16H14O3. The van der Waals surface area contributed by atoms with Crippen molar-refractivity contribution < 1.29 is 14.6 Å². The molecule has 2 aromatic carbocycles. The van der Waals surface area contributed by atoms with Crippen molar-refractivity contribution in [3.63, 3.8) is 0 Å². The highest BCUT2D eigenvalue weighted by atomic mass is 16.5. The quantitative estimate of drug-likeness (QED) is 0.672. The van der Waals surface area contributed by atoms with Gasteiger partial charge in [-0.05, 0) is 23.8 Å². The van der Waals surface area contributed by atoms with E-state index in [1.54, 1.807) is 18.2 Å². The number of methoxy groups -OCH3 is 1. The molecule has 0 atom stereocenters. The average Bonchev–Trinajstić information content (AvgIpc) is 2.45. The maximum atomic E-state index is 12.0. The standard InChI is InChI=1S/C16H14O3/c1-19-13-8-9-14(16(18)11-13)15(17)10-7-12-5-3-2-4-6-12/h2-11,18H,1H3. The lowest BCUT2D eigenvalue weighted by Gasteiger charge is -2.03. The summed E-state index contributed by atoms with van der Waals surface area (Å²) in [6.45, 7) is 0. The second-order valence-electron chi connectivity index (χ2n) is 3.99. The SMILES string of the molecule is COc1ccc(C(=O)C=Cc2ccccc2)c(O)c1. The lowest BCUT2D eigenvalue weighted by molar-refractivity contribution is 0.104. The first-order valence-electron chi connectivity index (χ1n) is 5.85. The molecule has 0 fully saturated rings. The molecule has 3 heteroatoms. The zero-order chi connectivity index (χ0) is 13.7. The first-order chi connectivity index (χ1) is 9.20. The molecule has 0 saturated carbocycles. The normalized spacial score (nSPS) is 10.6. The van der Waals surface area contributed by atoms with Crippen molar-refractivity contribution in [2.75, 3.05) is 7.11 Å². The van der Waals surface area contributed by atoms with Crippen molar-refractivity contribution in [1.29, 1.82) is 0 Å². The highest BCUT2D eigenvalue weighted by Crippen LogP contribution is 2.24. The van der Waals surface area contributed by atoms with Gasteiger partial charge >= 0.3 is 0 Å². The molecule has 0 aromatic heterocycles. The Labute approximate surface area is 111 Å². The maximum absolute atomic E-state index is 12.0. The van der Waals surface area contributed by atoms with Gasteiger partial charge in [0.1, 0.15) is 11.5 Å². The molecule has 0 amide bonds. The summed E-state index contributed by atoms with van der Waals surface area (Å²) in [5, 5.41) is 9.76.